The van der Waals surface area contributed by atoms with Gasteiger partial charge in [-0.25, -0.2) is 0 Å². The molecule has 0 bridgehead atoms. The number of hydrogen-bond donors (Lipinski definition) is 0. The summed E-state index contributed by atoms with van der Waals surface area (Å²) in [7, 11) is 0. The first-order valence-corrected chi connectivity index (χ1v) is 14.1. The number of ether oxygens (including phenoxy) is 2. The zero-order chi connectivity index (χ0) is 28.6. The van der Waals surface area contributed by atoms with Crippen molar-refractivity contribution in [3.63, 3.8) is 0 Å². The quantitative estimate of drug-likeness (QED) is 0.220. The number of rotatable bonds is 9. The molecular formula is C34H37NO5. The van der Waals surface area contributed by atoms with Crippen LogP contribution >= 0.6 is 0 Å². The highest BCUT2D eigenvalue weighted by Crippen LogP contribution is 2.43. The molecule has 1 amide bonds. The van der Waals surface area contributed by atoms with E-state index in [1.165, 1.54) is 0 Å². The summed E-state index contributed by atoms with van der Waals surface area (Å²) in [5.74, 6) is 1.50. The van der Waals surface area contributed by atoms with Crippen molar-refractivity contribution in [1.82, 2.24) is 0 Å². The van der Waals surface area contributed by atoms with Gasteiger partial charge in [0, 0.05) is 5.69 Å². The van der Waals surface area contributed by atoms with Gasteiger partial charge in [-0.15, -0.1) is 0 Å². The number of carbonyl (C=O) groups is 1. The fourth-order valence-corrected chi connectivity index (χ4v) is 5.19. The molecule has 3 aromatic carbocycles. The summed E-state index contributed by atoms with van der Waals surface area (Å²) in [4.78, 5) is 29.7. The Kier molecular flexibility index (Phi) is 7.70. The van der Waals surface area contributed by atoms with Crippen molar-refractivity contribution in [1.29, 1.82) is 0 Å². The molecule has 4 aromatic rings. The van der Waals surface area contributed by atoms with E-state index in [-0.39, 0.29) is 17.1 Å². The number of fused-ring (bicyclic) bond motifs is 2. The molecule has 208 valence electrons. The third-order valence-corrected chi connectivity index (χ3v) is 7.65. The highest BCUT2D eigenvalue weighted by molar-refractivity contribution is 6.10. The summed E-state index contributed by atoms with van der Waals surface area (Å²) in [6.07, 6.45) is 1.81. The van der Waals surface area contributed by atoms with Crippen LogP contribution in [0.5, 0.6) is 11.5 Å². The van der Waals surface area contributed by atoms with Gasteiger partial charge in [0.05, 0.1) is 30.2 Å². The van der Waals surface area contributed by atoms with Crippen molar-refractivity contribution in [2.24, 2.45) is 5.92 Å². The second kappa shape index (κ2) is 11.2. The Hall–Kier alpha value is -4.06. The van der Waals surface area contributed by atoms with Gasteiger partial charge in [0.25, 0.3) is 5.91 Å². The molecule has 5 rings (SSSR count). The van der Waals surface area contributed by atoms with Crippen LogP contribution in [0.2, 0.25) is 0 Å². The number of nitrogens with zero attached hydrogens (tertiary/aromatic N) is 1. The fourth-order valence-electron chi connectivity index (χ4n) is 5.19. The molecule has 0 aliphatic carbocycles. The molecule has 40 heavy (non-hydrogen) atoms. The van der Waals surface area contributed by atoms with E-state index in [0.717, 1.165) is 35.1 Å². The summed E-state index contributed by atoms with van der Waals surface area (Å²) in [6, 6.07) is 16.6. The lowest BCUT2D eigenvalue weighted by molar-refractivity contribution is 0.0971. The minimum absolute atomic E-state index is 0.0838. The number of aryl methyl sites for hydroxylation is 3. The molecule has 1 unspecified atom stereocenters. The van der Waals surface area contributed by atoms with E-state index >= 15 is 0 Å². The maximum atomic E-state index is 14.1. The van der Waals surface area contributed by atoms with Crippen molar-refractivity contribution in [3.05, 3.63) is 98.4 Å². The molecule has 1 aliphatic rings. The first-order chi connectivity index (χ1) is 19.2. The second-order valence-corrected chi connectivity index (χ2v) is 10.9. The molecular weight excluding hydrogens is 502 g/mol. The largest absolute Gasteiger partial charge is 0.490 e. The van der Waals surface area contributed by atoms with E-state index in [2.05, 4.69) is 20.8 Å². The first kappa shape index (κ1) is 27.5. The van der Waals surface area contributed by atoms with Crippen molar-refractivity contribution in [2.45, 2.75) is 60.4 Å². The Morgan fingerprint density at radius 1 is 0.900 bits per heavy atom. The summed E-state index contributed by atoms with van der Waals surface area (Å²) >= 11 is 0. The summed E-state index contributed by atoms with van der Waals surface area (Å²) < 4.78 is 18.3. The van der Waals surface area contributed by atoms with Gasteiger partial charge >= 0.3 is 0 Å². The molecule has 0 saturated carbocycles. The SMILES string of the molecule is CCOc1cc(C2c3c(oc4cc(C)c(C)cc4c3=O)C(=O)N2c2ccc(CC)cc2)ccc1OCCC(C)C. The Morgan fingerprint density at radius 3 is 2.30 bits per heavy atom. The molecule has 1 aliphatic heterocycles. The maximum Gasteiger partial charge on any atom is 0.295 e. The predicted molar refractivity (Wildman–Crippen MR) is 159 cm³/mol. The topological polar surface area (TPSA) is 69.0 Å². The average molecular weight is 540 g/mol. The summed E-state index contributed by atoms with van der Waals surface area (Å²) in [5.41, 5.74) is 5.18. The van der Waals surface area contributed by atoms with Crippen LogP contribution in [0.15, 0.2) is 63.8 Å². The molecule has 0 saturated heterocycles. The number of carbonyl (C=O) groups excluding carboxylic acids is 1. The molecule has 1 atom stereocenters. The fraction of sp³-hybridized carbons (Fsp3) is 0.353. The van der Waals surface area contributed by atoms with E-state index in [4.69, 9.17) is 13.9 Å². The van der Waals surface area contributed by atoms with E-state index < -0.39 is 6.04 Å². The zero-order valence-electron chi connectivity index (χ0n) is 24.2. The van der Waals surface area contributed by atoms with Crippen LogP contribution in [0.25, 0.3) is 11.0 Å². The lowest BCUT2D eigenvalue weighted by Crippen LogP contribution is -2.29. The molecule has 6 nitrogen and oxygen atoms in total. The monoisotopic (exact) mass is 539 g/mol. The normalized spacial score (nSPS) is 14.7. The standard InChI is InChI=1S/C34H37NO5/c1-7-23-9-12-25(13-10-23)35-31(24-11-14-27(29(19-24)38-8-2)39-16-15-20(3)4)30-32(36)26-17-21(5)22(6)18-28(26)40-33(30)34(35)37/h9-14,17-20,31H,7-8,15-16H2,1-6H3. The molecule has 6 heteroatoms. The van der Waals surface area contributed by atoms with Gasteiger partial charge in [-0.2, -0.15) is 0 Å². The van der Waals surface area contributed by atoms with E-state index in [1.807, 2.05) is 75.4 Å². The zero-order valence-corrected chi connectivity index (χ0v) is 24.2. The van der Waals surface area contributed by atoms with Crippen LogP contribution in [0.4, 0.5) is 5.69 Å². The molecule has 0 fully saturated rings. The minimum Gasteiger partial charge on any atom is -0.490 e. The van der Waals surface area contributed by atoms with E-state index in [0.29, 0.717) is 52.9 Å². The van der Waals surface area contributed by atoms with Crippen LogP contribution in [0.1, 0.15) is 78.5 Å². The minimum atomic E-state index is -0.679. The second-order valence-electron chi connectivity index (χ2n) is 10.9. The third kappa shape index (κ3) is 4.99. The molecule has 1 aromatic heterocycles. The van der Waals surface area contributed by atoms with Crippen molar-refractivity contribution >= 4 is 22.6 Å². The van der Waals surface area contributed by atoms with Gasteiger partial charge in [-0.3, -0.25) is 14.5 Å². The summed E-state index contributed by atoms with van der Waals surface area (Å²) in [6.45, 7) is 13.3. The van der Waals surface area contributed by atoms with Gasteiger partial charge < -0.3 is 13.9 Å². The van der Waals surface area contributed by atoms with Crippen LogP contribution in [-0.2, 0) is 6.42 Å². The van der Waals surface area contributed by atoms with Gasteiger partial charge in [0.2, 0.25) is 5.76 Å². The molecule has 0 radical (unpaired) electrons. The predicted octanol–water partition coefficient (Wildman–Crippen LogP) is 7.55. The molecule has 2 heterocycles. The third-order valence-electron chi connectivity index (χ3n) is 7.65. The van der Waals surface area contributed by atoms with Crippen LogP contribution in [0.3, 0.4) is 0 Å². The Bertz CT molecular complexity index is 1620. The van der Waals surface area contributed by atoms with Gasteiger partial charge in [-0.1, -0.05) is 39.0 Å². The van der Waals surface area contributed by atoms with Crippen molar-refractivity contribution in [2.75, 3.05) is 18.1 Å². The summed E-state index contributed by atoms with van der Waals surface area (Å²) in [5, 5.41) is 0.474. The van der Waals surface area contributed by atoms with E-state index in [1.54, 1.807) is 4.90 Å². The Balaban J connectivity index is 1.70. The lowest BCUT2D eigenvalue weighted by Gasteiger charge is -2.26. The van der Waals surface area contributed by atoms with Gasteiger partial charge in [0.15, 0.2) is 16.9 Å². The van der Waals surface area contributed by atoms with Gasteiger partial charge in [0.1, 0.15) is 5.58 Å². The molecule has 0 N–H and O–H groups in total. The highest BCUT2D eigenvalue weighted by atomic mass is 16.5. The lowest BCUT2D eigenvalue weighted by atomic mass is 9.96. The number of benzene rings is 3. The number of amides is 1. The average Bonchev–Trinajstić information content (AvgIpc) is 3.23. The number of anilines is 1. The van der Waals surface area contributed by atoms with Crippen molar-refractivity contribution < 1.29 is 18.7 Å². The van der Waals surface area contributed by atoms with E-state index in [9.17, 15) is 9.59 Å². The van der Waals surface area contributed by atoms with Gasteiger partial charge in [-0.05, 0) is 98.2 Å². The van der Waals surface area contributed by atoms with Crippen molar-refractivity contribution in [3.8, 4) is 11.5 Å². The Morgan fingerprint density at radius 2 is 1.62 bits per heavy atom. The number of hydrogen-bond acceptors (Lipinski definition) is 5. The van der Waals surface area contributed by atoms with Crippen LogP contribution < -0.4 is 19.8 Å². The highest BCUT2D eigenvalue weighted by Gasteiger charge is 2.44. The first-order valence-electron chi connectivity index (χ1n) is 14.1. The van der Waals surface area contributed by atoms with Crippen LogP contribution in [0, 0.1) is 19.8 Å². The smallest absolute Gasteiger partial charge is 0.295 e. The Labute approximate surface area is 235 Å². The molecule has 0 spiro atoms. The maximum absolute atomic E-state index is 14.1. The van der Waals surface area contributed by atoms with Crippen LogP contribution in [-0.4, -0.2) is 19.1 Å².